The molecule has 0 bridgehead atoms. The lowest BCUT2D eigenvalue weighted by Gasteiger charge is -2.11. The summed E-state index contributed by atoms with van der Waals surface area (Å²) in [4.78, 5) is 4.79. The molecule has 3 heteroatoms. The van der Waals surface area contributed by atoms with Gasteiger partial charge in [0.25, 0.3) is 0 Å². The molecule has 0 saturated heterocycles. The largest absolute Gasteiger partial charge is 0.248 e. The molecule has 0 spiro atoms. The summed E-state index contributed by atoms with van der Waals surface area (Å²) >= 11 is 12.6. The van der Waals surface area contributed by atoms with Gasteiger partial charge in [0.15, 0.2) is 0 Å². The fourth-order valence-electron chi connectivity index (χ4n) is 2.86. The van der Waals surface area contributed by atoms with E-state index in [1.807, 2.05) is 60.7 Å². The summed E-state index contributed by atoms with van der Waals surface area (Å²) < 4.78 is 0. The molecule has 24 heavy (non-hydrogen) atoms. The highest BCUT2D eigenvalue weighted by Crippen LogP contribution is 2.35. The van der Waals surface area contributed by atoms with Gasteiger partial charge >= 0.3 is 0 Å². The molecule has 116 valence electrons. The summed E-state index contributed by atoms with van der Waals surface area (Å²) in [5, 5.41) is 2.42. The second-order valence-corrected chi connectivity index (χ2v) is 6.41. The number of pyridine rings is 1. The SMILES string of the molecule is Clc1ccc2nc(-c3ccccc3Cl)cc(-c3ccccc3)c2c1. The highest BCUT2D eigenvalue weighted by molar-refractivity contribution is 6.33. The first kappa shape index (κ1) is 15.2. The summed E-state index contributed by atoms with van der Waals surface area (Å²) in [6, 6.07) is 25.9. The molecule has 0 unspecified atom stereocenters. The van der Waals surface area contributed by atoms with Gasteiger partial charge in [0.1, 0.15) is 0 Å². The fourth-order valence-corrected chi connectivity index (χ4v) is 3.27. The van der Waals surface area contributed by atoms with Crippen molar-refractivity contribution >= 4 is 34.1 Å². The van der Waals surface area contributed by atoms with Gasteiger partial charge in [0.2, 0.25) is 0 Å². The topological polar surface area (TPSA) is 12.9 Å². The van der Waals surface area contributed by atoms with Gasteiger partial charge in [-0.05, 0) is 41.5 Å². The van der Waals surface area contributed by atoms with E-state index in [1.54, 1.807) is 0 Å². The van der Waals surface area contributed by atoms with E-state index in [-0.39, 0.29) is 0 Å². The third-order valence-corrected chi connectivity index (χ3v) is 4.57. The normalized spacial score (nSPS) is 10.9. The molecule has 0 N–H and O–H groups in total. The van der Waals surface area contributed by atoms with E-state index in [1.165, 1.54) is 0 Å². The van der Waals surface area contributed by atoms with Crippen LogP contribution in [0.5, 0.6) is 0 Å². The number of halogens is 2. The minimum atomic E-state index is 0.692. The molecule has 0 aliphatic heterocycles. The Morgan fingerprint density at radius 3 is 2.21 bits per heavy atom. The first-order valence-electron chi connectivity index (χ1n) is 7.63. The van der Waals surface area contributed by atoms with Crippen LogP contribution in [-0.2, 0) is 0 Å². The van der Waals surface area contributed by atoms with Crippen molar-refractivity contribution in [3.8, 4) is 22.4 Å². The van der Waals surface area contributed by atoms with Crippen LogP contribution in [0.2, 0.25) is 10.0 Å². The van der Waals surface area contributed by atoms with Crippen LogP contribution >= 0.6 is 23.2 Å². The number of fused-ring (bicyclic) bond motifs is 1. The van der Waals surface area contributed by atoms with E-state index >= 15 is 0 Å². The molecule has 0 aliphatic rings. The molecular weight excluding hydrogens is 337 g/mol. The van der Waals surface area contributed by atoms with Crippen LogP contribution in [0.1, 0.15) is 0 Å². The lowest BCUT2D eigenvalue weighted by Crippen LogP contribution is -1.90. The van der Waals surface area contributed by atoms with E-state index in [2.05, 4.69) is 18.2 Å². The zero-order valence-electron chi connectivity index (χ0n) is 12.7. The average molecular weight is 350 g/mol. The predicted octanol–water partition coefficient (Wildman–Crippen LogP) is 6.88. The van der Waals surface area contributed by atoms with Crippen LogP contribution in [0.3, 0.4) is 0 Å². The van der Waals surface area contributed by atoms with Crippen molar-refractivity contribution in [2.75, 3.05) is 0 Å². The smallest absolute Gasteiger partial charge is 0.0730 e. The molecule has 0 aliphatic carbocycles. The van der Waals surface area contributed by atoms with Gasteiger partial charge in [-0.3, -0.25) is 0 Å². The third kappa shape index (κ3) is 2.77. The predicted molar refractivity (Wildman–Crippen MR) is 103 cm³/mol. The molecule has 1 nitrogen and oxygen atoms in total. The Bertz CT molecular complexity index is 1030. The maximum Gasteiger partial charge on any atom is 0.0730 e. The lowest BCUT2D eigenvalue weighted by atomic mass is 9.98. The number of aromatic nitrogens is 1. The molecule has 1 aromatic heterocycles. The first-order valence-corrected chi connectivity index (χ1v) is 8.38. The Kier molecular flexibility index (Phi) is 3.97. The highest BCUT2D eigenvalue weighted by Gasteiger charge is 2.11. The Balaban J connectivity index is 2.05. The number of nitrogens with zero attached hydrogens (tertiary/aromatic N) is 1. The number of hydrogen-bond acceptors (Lipinski definition) is 1. The Labute approximate surface area is 150 Å². The van der Waals surface area contributed by atoms with Crippen LogP contribution in [-0.4, -0.2) is 4.98 Å². The quantitative estimate of drug-likeness (QED) is 0.384. The second kappa shape index (κ2) is 6.27. The lowest BCUT2D eigenvalue weighted by molar-refractivity contribution is 1.40. The summed E-state index contributed by atoms with van der Waals surface area (Å²) in [5.41, 5.74) is 4.90. The van der Waals surface area contributed by atoms with E-state index < -0.39 is 0 Å². The second-order valence-electron chi connectivity index (χ2n) is 5.56. The zero-order chi connectivity index (χ0) is 16.5. The average Bonchev–Trinajstić information content (AvgIpc) is 2.62. The van der Waals surface area contributed by atoms with Crippen LogP contribution < -0.4 is 0 Å². The van der Waals surface area contributed by atoms with Crippen molar-refractivity contribution in [2.45, 2.75) is 0 Å². The van der Waals surface area contributed by atoms with Crippen molar-refractivity contribution in [1.29, 1.82) is 0 Å². The molecule has 0 fully saturated rings. The monoisotopic (exact) mass is 349 g/mol. The number of hydrogen-bond donors (Lipinski definition) is 0. The minimum absolute atomic E-state index is 0.692. The zero-order valence-corrected chi connectivity index (χ0v) is 14.2. The number of benzene rings is 3. The van der Waals surface area contributed by atoms with Crippen LogP contribution in [0, 0.1) is 0 Å². The summed E-state index contributed by atoms with van der Waals surface area (Å²) in [5.74, 6) is 0. The maximum absolute atomic E-state index is 6.37. The third-order valence-electron chi connectivity index (χ3n) is 4.01. The summed E-state index contributed by atoms with van der Waals surface area (Å²) in [7, 11) is 0. The molecule has 4 rings (SSSR count). The van der Waals surface area contributed by atoms with Crippen molar-refractivity contribution in [1.82, 2.24) is 4.98 Å². The highest BCUT2D eigenvalue weighted by atomic mass is 35.5. The van der Waals surface area contributed by atoms with Gasteiger partial charge in [-0.1, -0.05) is 71.7 Å². The summed E-state index contributed by atoms with van der Waals surface area (Å²) in [6.45, 7) is 0. The molecule has 0 saturated carbocycles. The molecular formula is C21H13Cl2N. The number of rotatable bonds is 2. The minimum Gasteiger partial charge on any atom is -0.248 e. The molecule has 0 atom stereocenters. The van der Waals surface area contributed by atoms with Gasteiger partial charge in [-0.2, -0.15) is 0 Å². The van der Waals surface area contributed by atoms with Crippen molar-refractivity contribution in [3.05, 3.63) is 88.9 Å². The van der Waals surface area contributed by atoms with Crippen LogP contribution in [0.25, 0.3) is 33.3 Å². The van der Waals surface area contributed by atoms with Gasteiger partial charge in [0, 0.05) is 21.0 Å². The van der Waals surface area contributed by atoms with E-state index in [0.29, 0.717) is 10.0 Å². The maximum atomic E-state index is 6.37. The Hall–Kier alpha value is -2.35. The van der Waals surface area contributed by atoms with Gasteiger partial charge in [-0.15, -0.1) is 0 Å². The van der Waals surface area contributed by atoms with Gasteiger partial charge in [0.05, 0.1) is 11.2 Å². The van der Waals surface area contributed by atoms with Gasteiger partial charge in [-0.25, -0.2) is 4.98 Å². The fraction of sp³-hybridized carbons (Fsp3) is 0. The Morgan fingerprint density at radius 2 is 1.42 bits per heavy atom. The first-order chi connectivity index (χ1) is 11.7. The van der Waals surface area contributed by atoms with Gasteiger partial charge < -0.3 is 0 Å². The van der Waals surface area contributed by atoms with Crippen molar-refractivity contribution in [3.63, 3.8) is 0 Å². The van der Waals surface area contributed by atoms with E-state index in [4.69, 9.17) is 28.2 Å². The summed E-state index contributed by atoms with van der Waals surface area (Å²) in [6.07, 6.45) is 0. The van der Waals surface area contributed by atoms with Crippen molar-refractivity contribution < 1.29 is 0 Å². The molecule has 3 aromatic carbocycles. The van der Waals surface area contributed by atoms with E-state index in [9.17, 15) is 0 Å². The molecule has 1 heterocycles. The molecule has 0 radical (unpaired) electrons. The van der Waals surface area contributed by atoms with Crippen LogP contribution in [0.4, 0.5) is 0 Å². The van der Waals surface area contributed by atoms with Crippen molar-refractivity contribution in [2.24, 2.45) is 0 Å². The molecule has 0 amide bonds. The molecule has 4 aromatic rings. The van der Waals surface area contributed by atoms with Crippen LogP contribution in [0.15, 0.2) is 78.9 Å². The standard InChI is InChI=1S/C21H13Cl2N/c22-15-10-11-20-18(12-15)17(14-6-2-1-3-7-14)13-21(24-20)16-8-4-5-9-19(16)23/h1-13H. The Morgan fingerprint density at radius 1 is 0.667 bits per heavy atom. The van der Waals surface area contributed by atoms with E-state index in [0.717, 1.165) is 33.3 Å².